The minimum atomic E-state index is -0.485. The Morgan fingerprint density at radius 2 is 2.22 bits per heavy atom. The number of benzene rings is 1. The Kier molecular flexibility index (Phi) is 3.55. The molecule has 1 saturated carbocycles. The summed E-state index contributed by atoms with van der Waals surface area (Å²) >= 11 is 0. The number of carbonyl (C=O) groups excluding carboxylic acids is 1. The van der Waals surface area contributed by atoms with Gasteiger partial charge in [0.25, 0.3) is 5.91 Å². The predicted molar refractivity (Wildman–Crippen MR) is 69.8 cm³/mol. The monoisotopic (exact) mass is 250 g/mol. The molecule has 0 heterocycles. The lowest BCUT2D eigenvalue weighted by Crippen LogP contribution is -2.29. The Hall–Kier alpha value is -1.58. The maximum atomic E-state index is 13.8. The van der Waals surface area contributed by atoms with E-state index in [1.807, 2.05) is 0 Å². The number of aryl methyl sites for hydroxylation is 1. The van der Waals surface area contributed by atoms with Gasteiger partial charge in [0.1, 0.15) is 5.82 Å². The van der Waals surface area contributed by atoms with Crippen molar-refractivity contribution >= 4 is 11.6 Å². The van der Waals surface area contributed by atoms with E-state index in [0.29, 0.717) is 23.7 Å². The van der Waals surface area contributed by atoms with Crippen molar-refractivity contribution in [3.63, 3.8) is 0 Å². The van der Waals surface area contributed by atoms with E-state index in [9.17, 15) is 9.18 Å². The second kappa shape index (κ2) is 4.96. The first kappa shape index (κ1) is 12.9. The summed E-state index contributed by atoms with van der Waals surface area (Å²) in [5, 5.41) is 2.78. The second-order valence-electron chi connectivity index (χ2n) is 5.22. The maximum absolute atomic E-state index is 13.8. The second-order valence-corrected chi connectivity index (χ2v) is 5.22. The molecule has 0 saturated heterocycles. The Labute approximate surface area is 107 Å². The third-order valence-corrected chi connectivity index (χ3v) is 3.53. The number of nitrogen functional groups attached to an aromatic ring is 1. The molecule has 1 aliphatic carbocycles. The van der Waals surface area contributed by atoms with Crippen LogP contribution in [0.4, 0.5) is 10.1 Å². The maximum Gasteiger partial charge on any atom is 0.254 e. The number of nitrogens with two attached hydrogens (primary N) is 1. The number of hydrogen-bond donors (Lipinski definition) is 2. The standard InChI is InChI=1S/C14H19FN2O/c1-8-5-11(16)6-12(13(8)15)14(18)17-7-9(2)10-3-4-10/h5-6,9-10H,3-4,7,16H2,1-2H3,(H,17,18). The van der Waals surface area contributed by atoms with Gasteiger partial charge in [0.15, 0.2) is 0 Å². The minimum Gasteiger partial charge on any atom is -0.399 e. The lowest BCUT2D eigenvalue weighted by atomic mass is 10.1. The molecule has 1 aliphatic rings. The molecule has 2 rings (SSSR count). The van der Waals surface area contributed by atoms with Gasteiger partial charge >= 0.3 is 0 Å². The molecule has 0 aliphatic heterocycles. The van der Waals surface area contributed by atoms with Crippen LogP contribution in [0, 0.1) is 24.6 Å². The molecule has 1 aromatic rings. The van der Waals surface area contributed by atoms with Gasteiger partial charge in [0.2, 0.25) is 0 Å². The smallest absolute Gasteiger partial charge is 0.254 e. The van der Waals surface area contributed by atoms with Crippen molar-refractivity contribution in [2.24, 2.45) is 11.8 Å². The average Bonchev–Trinajstić information content (AvgIpc) is 3.14. The number of amides is 1. The Morgan fingerprint density at radius 1 is 1.56 bits per heavy atom. The van der Waals surface area contributed by atoms with E-state index >= 15 is 0 Å². The molecular weight excluding hydrogens is 231 g/mol. The van der Waals surface area contributed by atoms with Crippen LogP contribution in [0.15, 0.2) is 12.1 Å². The van der Waals surface area contributed by atoms with Crippen LogP contribution in [0.1, 0.15) is 35.7 Å². The first-order chi connectivity index (χ1) is 8.49. The number of anilines is 1. The van der Waals surface area contributed by atoms with Gasteiger partial charge < -0.3 is 11.1 Å². The van der Waals surface area contributed by atoms with Crippen LogP contribution in [0.25, 0.3) is 0 Å². The van der Waals surface area contributed by atoms with Crippen molar-refractivity contribution in [3.05, 3.63) is 29.1 Å². The highest BCUT2D eigenvalue weighted by atomic mass is 19.1. The van der Waals surface area contributed by atoms with E-state index in [-0.39, 0.29) is 11.5 Å². The van der Waals surface area contributed by atoms with E-state index in [1.165, 1.54) is 25.0 Å². The zero-order chi connectivity index (χ0) is 13.3. The molecule has 1 unspecified atom stereocenters. The van der Waals surface area contributed by atoms with Gasteiger partial charge in [-0.25, -0.2) is 4.39 Å². The lowest BCUT2D eigenvalue weighted by Gasteiger charge is -2.12. The molecule has 1 atom stereocenters. The van der Waals surface area contributed by atoms with Crippen molar-refractivity contribution < 1.29 is 9.18 Å². The summed E-state index contributed by atoms with van der Waals surface area (Å²) in [7, 11) is 0. The SMILES string of the molecule is Cc1cc(N)cc(C(=O)NCC(C)C2CC2)c1F. The van der Waals surface area contributed by atoms with Gasteiger partial charge in [-0.3, -0.25) is 4.79 Å². The van der Waals surface area contributed by atoms with Crippen LogP contribution in [-0.4, -0.2) is 12.5 Å². The summed E-state index contributed by atoms with van der Waals surface area (Å²) in [6.07, 6.45) is 2.48. The van der Waals surface area contributed by atoms with Crippen LogP contribution in [0.5, 0.6) is 0 Å². The fourth-order valence-corrected chi connectivity index (χ4v) is 2.14. The summed E-state index contributed by atoms with van der Waals surface area (Å²) in [6, 6.07) is 2.92. The van der Waals surface area contributed by atoms with Gasteiger partial charge in [0, 0.05) is 12.2 Å². The summed E-state index contributed by atoms with van der Waals surface area (Å²) in [5.41, 5.74) is 6.48. The van der Waals surface area contributed by atoms with Crippen molar-refractivity contribution in [2.45, 2.75) is 26.7 Å². The number of hydrogen-bond acceptors (Lipinski definition) is 2. The quantitative estimate of drug-likeness (QED) is 0.807. The van der Waals surface area contributed by atoms with Crippen LogP contribution in [-0.2, 0) is 0 Å². The summed E-state index contributed by atoms with van der Waals surface area (Å²) in [5.74, 6) is 0.313. The molecule has 4 heteroatoms. The topological polar surface area (TPSA) is 55.1 Å². The molecule has 18 heavy (non-hydrogen) atoms. The highest BCUT2D eigenvalue weighted by Crippen LogP contribution is 2.36. The van der Waals surface area contributed by atoms with Crippen LogP contribution in [0.3, 0.4) is 0 Å². The molecule has 0 aromatic heterocycles. The van der Waals surface area contributed by atoms with Gasteiger partial charge in [-0.05, 0) is 49.3 Å². The molecule has 1 fully saturated rings. The van der Waals surface area contributed by atoms with E-state index in [4.69, 9.17) is 5.73 Å². The van der Waals surface area contributed by atoms with Crippen LogP contribution >= 0.6 is 0 Å². The van der Waals surface area contributed by atoms with Gasteiger partial charge in [-0.15, -0.1) is 0 Å². The Morgan fingerprint density at radius 3 is 2.83 bits per heavy atom. The summed E-state index contributed by atoms with van der Waals surface area (Å²) in [6.45, 7) is 4.31. The molecule has 0 bridgehead atoms. The largest absolute Gasteiger partial charge is 0.399 e. The van der Waals surface area contributed by atoms with Crippen molar-refractivity contribution in [1.82, 2.24) is 5.32 Å². The van der Waals surface area contributed by atoms with Gasteiger partial charge in [0.05, 0.1) is 5.56 Å². The fraction of sp³-hybridized carbons (Fsp3) is 0.500. The first-order valence-electron chi connectivity index (χ1n) is 6.33. The third-order valence-electron chi connectivity index (χ3n) is 3.53. The number of nitrogens with one attached hydrogen (secondary N) is 1. The van der Waals surface area contributed by atoms with E-state index < -0.39 is 5.82 Å². The number of halogens is 1. The van der Waals surface area contributed by atoms with E-state index in [0.717, 1.165) is 5.92 Å². The zero-order valence-corrected chi connectivity index (χ0v) is 10.8. The van der Waals surface area contributed by atoms with Crippen molar-refractivity contribution in [1.29, 1.82) is 0 Å². The van der Waals surface area contributed by atoms with Crippen molar-refractivity contribution in [3.8, 4) is 0 Å². The molecule has 0 spiro atoms. The normalized spacial score (nSPS) is 16.4. The molecular formula is C14H19FN2O. The lowest BCUT2D eigenvalue weighted by molar-refractivity contribution is 0.0942. The van der Waals surface area contributed by atoms with Gasteiger partial charge in [-0.2, -0.15) is 0 Å². The summed E-state index contributed by atoms with van der Waals surface area (Å²) in [4.78, 5) is 11.9. The predicted octanol–water partition coefficient (Wildman–Crippen LogP) is 2.49. The molecule has 1 amide bonds. The molecule has 98 valence electrons. The fourth-order valence-electron chi connectivity index (χ4n) is 2.14. The minimum absolute atomic E-state index is 0.0375. The van der Waals surface area contributed by atoms with Crippen LogP contribution < -0.4 is 11.1 Å². The molecule has 0 radical (unpaired) electrons. The average molecular weight is 250 g/mol. The highest BCUT2D eigenvalue weighted by Gasteiger charge is 2.28. The molecule has 3 nitrogen and oxygen atoms in total. The highest BCUT2D eigenvalue weighted by molar-refractivity contribution is 5.95. The Balaban J connectivity index is 2.03. The van der Waals surface area contributed by atoms with Crippen LogP contribution in [0.2, 0.25) is 0 Å². The van der Waals surface area contributed by atoms with Gasteiger partial charge in [-0.1, -0.05) is 6.92 Å². The van der Waals surface area contributed by atoms with E-state index in [1.54, 1.807) is 6.92 Å². The first-order valence-corrected chi connectivity index (χ1v) is 6.33. The third kappa shape index (κ3) is 2.81. The molecule has 3 N–H and O–H groups in total. The number of carbonyl (C=O) groups is 1. The zero-order valence-electron chi connectivity index (χ0n) is 10.8. The summed E-state index contributed by atoms with van der Waals surface area (Å²) < 4.78 is 13.8. The molecule has 1 aromatic carbocycles. The van der Waals surface area contributed by atoms with E-state index in [2.05, 4.69) is 12.2 Å². The van der Waals surface area contributed by atoms with Crippen molar-refractivity contribution in [2.75, 3.05) is 12.3 Å². The Bertz CT molecular complexity index is 469. The number of rotatable bonds is 4.